The molecule has 0 aliphatic carbocycles. The molecule has 1 aromatic rings. The van der Waals surface area contributed by atoms with Gasteiger partial charge in [-0.3, -0.25) is 4.79 Å². The molecule has 0 spiro atoms. The van der Waals surface area contributed by atoms with Crippen molar-refractivity contribution in [2.75, 3.05) is 51.2 Å². The maximum atomic E-state index is 12.6. The van der Waals surface area contributed by atoms with E-state index in [2.05, 4.69) is 40.7 Å². The van der Waals surface area contributed by atoms with Crippen LogP contribution in [-0.4, -0.2) is 72.0 Å². The highest BCUT2D eigenvalue weighted by molar-refractivity contribution is 5.92. The fourth-order valence-corrected chi connectivity index (χ4v) is 2.64. The Morgan fingerprint density at radius 3 is 2.41 bits per heavy atom. The summed E-state index contributed by atoms with van der Waals surface area (Å²) < 4.78 is 0. The molecule has 6 heteroatoms. The molecule has 0 aromatic carbocycles. The van der Waals surface area contributed by atoms with Gasteiger partial charge in [0.25, 0.3) is 5.91 Å². The van der Waals surface area contributed by atoms with Gasteiger partial charge in [0.05, 0.1) is 0 Å². The molecule has 1 aromatic heterocycles. The van der Waals surface area contributed by atoms with Crippen LogP contribution in [0.15, 0.2) is 12.3 Å². The summed E-state index contributed by atoms with van der Waals surface area (Å²) in [6.45, 7) is 9.54. The Labute approximate surface area is 133 Å². The smallest absolute Gasteiger partial charge is 0.272 e. The molecule has 0 N–H and O–H groups in total. The van der Waals surface area contributed by atoms with Crippen LogP contribution in [-0.2, 0) is 0 Å². The molecule has 1 aliphatic rings. The van der Waals surface area contributed by atoms with Crippen LogP contribution in [0, 0.1) is 0 Å². The number of amides is 1. The van der Waals surface area contributed by atoms with Gasteiger partial charge in [-0.05, 0) is 26.0 Å². The summed E-state index contributed by atoms with van der Waals surface area (Å²) in [6, 6.07) is 1.72. The largest absolute Gasteiger partial charge is 0.338 e. The van der Waals surface area contributed by atoms with Gasteiger partial charge in [-0.25, -0.2) is 9.97 Å². The third-order valence-corrected chi connectivity index (χ3v) is 3.92. The van der Waals surface area contributed by atoms with Crippen molar-refractivity contribution < 1.29 is 4.79 Å². The lowest BCUT2D eigenvalue weighted by Gasteiger charge is -2.32. The number of hydrogen-bond donors (Lipinski definition) is 0. The summed E-state index contributed by atoms with van der Waals surface area (Å²) in [5.41, 5.74) is 0.505. The van der Waals surface area contributed by atoms with Gasteiger partial charge in [0.1, 0.15) is 5.69 Å². The SMILES string of the molecule is CCCN(CCC)C(=O)c1ccnc(N2CCN(C)CC2)n1. The minimum atomic E-state index is 0.0153. The minimum absolute atomic E-state index is 0.0153. The molecular weight excluding hydrogens is 278 g/mol. The first-order chi connectivity index (χ1) is 10.7. The van der Waals surface area contributed by atoms with Crippen molar-refractivity contribution in [1.82, 2.24) is 19.8 Å². The molecule has 1 fully saturated rings. The summed E-state index contributed by atoms with van der Waals surface area (Å²) >= 11 is 0. The Morgan fingerprint density at radius 1 is 1.18 bits per heavy atom. The van der Waals surface area contributed by atoms with Gasteiger partial charge in [-0.1, -0.05) is 13.8 Å². The van der Waals surface area contributed by atoms with Crippen molar-refractivity contribution in [2.24, 2.45) is 0 Å². The third kappa shape index (κ3) is 4.16. The Balaban J connectivity index is 2.11. The first-order valence-corrected chi connectivity index (χ1v) is 8.21. The third-order valence-electron chi connectivity index (χ3n) is 3.92. The van der Waals surface area contributed by atoms with Crippen LogP contribution in [0.1, 0.15) is 37.2 Å². The number of carbonyl (C=O) groups is 1. The summed E-state index contributed by atoms with van der Waals surface area (Å²) in [5, 5.41) is 0. The zero-order valence-electron chi connectivity index (χ0n) is 14.0. The molecule has 1 amide bonds. The van der Waals surface area contributed by atoms with Crippen molar-refractivity contribution in [2.45, 2.75) is 26.7 Å². The lowest BCUT2D eigenvalue weighted by Crippen LogP contribution is -2.45. The number of likely N-dealkylation sites (N-methyl/N-ethyl adjacent to an activating group) is 1. The quantitative estimate of drug-likeness (QED) is 0.797. The zero-order valence-corrected chi connectivity index (χ0v) is 14.0. The summed E-state index contributed by atoms with van der Waals surface area (Å²) in [6.07, 6.45) is 3.62. The highest BCUT2D eigenvalue weighted by Gasteiger charge is 2.20. The lowest BCUT2D eigenvalue weighted by molar-refractivity contribution is 0.0749. The van der Waals surface area contributed by atoms with Crippen LogP contribution in [0.5, 0.6) is 0 Å². The van der Waals surface area contributed by atoms with Crippen molar-refractivity contribution in [3.05, 3.63) is 18.0 Å². The molecule has 0 radical (unpaired) electrons. The number of rotatable bonds is 6. The molecule has 6 nitrogen and oxygen atoms in total. The van der Waals surface area contributed by atoms with Gasteiger partial charge in [0.2, 0.25) is 5.95 Å². The Hall–Kier alpha value is -1.69. The lowest BCUT2D eigenvalue weighted by atomic mass is 10.3. The van der Waals surface area contributed by atoms with E-state index in [1.807, 2.05) is 4.90 Å². The highest BCUT2D eigenvalue weighted by atomic mass is 16.2. The fourth-order valence-electron chi connectivity index (χ4n) is 2.64. The Kier molecular flexibility index (Phi) is 6.12. The predicted molar refractivity (Wildman–Crippen MR) is 88.2 cm³/mol. The second kappa shape index (κ2) is 8.08. The number of piperazine rings is 1. The zero-order chi connectivity index (χ0) is 15.9. The van der Waals surface area contributed by atoms with E-state index >= 15 is 0 Å². The van der Waals surface area contributed by atoms with Crippen LogP contribution in [0.3, 0.4) is 0 Å². The first kappa shape index (κ1) is 16.7. The van der Waals surface area contributed by atoms with E-state index in [-0.39, 0.29) is 5.91 Å². The molecule has 0 unspecified atom stereocenters. The molecule has 2 rings (SSSR count). The minimum Gasteiger partial charge on any atom is -0.338 e. The Morgan fingerprint density at radius 2 is 1.82 bits per heavy atom. The van der Waals surface area contributed by atoms with Crippen LogP contribution in [0.2, 0.25) is 0 Å². The molecule has 1 aliphatic heterocycles. The first-order valence-electron chi connectivity index (χ1n) is 8.21. The van der Waals surface area contributed by atoms with Gasteiger partial charge in [-0.15, -0.1) is 0 Å². The average Bonchev–Trinajstić information content (AvgIpc) is 2.55. The van der Waals surface area contributed by atoms with Gasteiger partial charge < -0.3 is 14.7 Å². The van der Waals surface area contributed by atoms with Crippen molar-refractivity contribution in [3.8, 4) is 0 Å². The standard InChI is InChI=1S/C16H27N5O/c1-4-8-20(9-5-2)15(22)14-6-7-17-16(18-14)21-12-10-19(3)11-13-21/h6-7H,4-5,8-13H2,1-3H3. The maximum absolute atomic E-state index is 12.6. The topological polar surface area (TPSA) is 52.6 Å². The van der Waals surface area contributed by atoms with Gasteiger partial charge >= 0.3 is 0 Å². The monoisotopic (exact) mass is 305 g/mol. The van der Waals surface area contributed by atoms with E-state index < -0.39 is 0 Å². The van der Waals surface area contributed by atoms with Crippen LogP contribution >= 0.6 is 0 Å². The van der Waals surface area contributed by atoms with E-state index in [9.17, 15) is 4.79 Å². The molecular formula is C16H27N5O. The molecule has 0 saturated carbocycles. The van der Waals surface area contributed by atoms with Gasteiger partial charge in [0.15, 0.2) is 0 Å². The fraction of sp³-hybridized carbons (Fsp3) is 0.688. The molecule has 122 valence electrons. The van der Waals surface area contributed by atoms with E-state index in [4.69, 9.17) is 0 Å². The van der Waals surface area contributed by atoms with Crippen LogP contribution in [0.4, 0.5) is 5.95 Å². The number of aromatic nitrogens is 2. The second-order valence-electron chi connectivity index (χ2n) is 5.82. The van der Waals surface area contributed by atoms with E-state index in [1.54, 1.807) is 12.3 Å². The molecule has 0 atom stereocenters. The van der Waals surface area contributed by atoms with Crippen LogP contribution < -0.4 is 4.90 Å². The van der Waals surface area contributed by atoms with Gasteiger partial charge in [-0.2, -0.15) is 0 Å². The maximum Gasteiger partial charge on any atom is 0.272 e. The normalized spacial score (nSPS) is 15.9. The van der Waals surface area contributed by atoms with Crippen molar-refractivity contribution in [1.29, 1.82) is 0 Å². The van der Waals surface area contributed by atoms with Gasteiger partial charge in [0, 0.05) is 45.5 Å². The summed E-state index contributed by atoms with van der Waals surface area (Å²) in [4.78, 5) is 27.8. The predicted octanol–water partition coefficient (Wildman–Crippen LogP) is 1.49. The van der Waals surface area contributed by atoms with Crippen molar-refractivity contribution >= 4 is 11.9 Å². The molecule has 22 heavy (non-hydrogen) atoms. The average molecular weight is 305 g/mol. The van der Waals surface area contributed by atoms with E-state index in [1.165, 1.54) is 0 Å². The van der Waals surface area contributed by atoms with E-state index in [0.29, 0.717) is 11.6 Å². The second-order valence-corrected chi connectivity index (χ2v) is 5.82. The van der Waals surface area contributed by atoms with Crippen LogP contribution in [0.25, 0.3) is 0 Å². The Bertz CT molecular complexity index is 479. The summed E-state index contributed by atoms with van der Waals surface area (Å²) in [5.74, 6) is 0.688. The van der Waals surface area contributed by atoms with Crippen molar-refractivity contribution in [3.63, 3.8) is 0 Å². The number of carbonyl (C=O) groups excluding carboxylic acids is 1. The molecule has 1 saturated heterocycles. The molecule has 0 bridgehead atoms. The number of anilines is 1. The highest BCUT2D eigenvalue weighted by Crippen LogP contribution is 2.12. The summed E-state index contributed by atoms with van der Waals surface area (Å²) in [7, 11) is 2.12. The molecule has 2 heterocycles. The number of nitrogens with zero attached hydrogens (tertiary/aromatic N) is 5. The van der Waals surface area contributed by atoms with E-state index in [0.717, 1.165) is 52.1 Å². The number of hydrogen-bond acceptors (Lipinski definition) is 5.